The fourth-order valence-electron chi connectivity index (χ4n) is 3.37. The van der Waals surface area contributed by atoms with E-state index in [-0.39, 0.29) is 11.5 Å². The Morgan fingerprint density at radius 3 is 2.83 bits per heavy atom. The fourth-order valence-corrected chi connectivity index (χ4v) is 3.37. The van der Waals surface area contributed by atoms with E-state index in [1.165, 1.54) is 6.07 Å². The molecule has 1 aliphatic heterocycles. The Labute approximate surface area is 167 Å². The van der Waals surface area contributed by atoms with Gasteiger partial charge in [0.2, 0.25) is 5.88 Å². The number of imidazole rings is 1. The zero-order chi connectivity index (χ0) is 20.4. The average Bonchev–Trinajstić information content (AvgIpc) is 3.09. The van der Waals surface area contributed by atoms with Crippen LogP contribution in [0.15, 0.2) is 30.6 Å². The second-order valence-corrected chi connectivity index (χ2v) is 6.84. The Hall–Kier alpha value is -3.20. The maximum Gasteiger partial charge on any atom is 0.261 e. The summed E-state index contributed by atoms with van der Waals surface area (Å²) in [6.45, 7) is 7.45. The first-order chi connectivity index (χ1) is 14.0. The van der Waals surface area contributed by atoms with Gasteiger partial charge in [0.15, 0.2) is 11.5 Å². The highest BCUT2D eigenvalue weighted by atomic mass is 19.1. The molecule has 9 heteroatoms. The van der Waals surface area contributed by atoms with E-state index in [0.717, 1.165) is 32.0 Å². The largest absolute Gasteiger partial charge is 0.477 e. The number of aromatic nitrogens is 3. The molecule has 0 bridgehead atoms. The molecule has 0 atom stereocenters. The van der Waals surface area contributed by atoms with E-state index >= 15 is 0 Å². The van der Waals surface area contributed by atoms with Crippen LogP contribution in [0.5, 0.6) is 5.88 Å². The lowest BCUT2D eigenvalue weighted by Crippen LogP contribution is -2.43. The van der Waals surface area contributed by atoms with E-state index in [2.05, 4.69) is 25.5 Å². The number of nitrogens with one attached hydrogen (secondary N) is 2. The van der Waals surface area contributed by atoms with Gasteiger partial charge in [0.25, 0.3) is 5.91 Å². The first-order valence-corrected chi connectivity index (χ1v) is 9.61. The van der Waals surface area contributed by atoms with Crippen LogP contribution < -0.4 is 20.3 Å². The minimum atomic E-state index is -0.506. The van der Waals surface area contributed by atoms with Crippen LogP contribution in [0.3, 0.4) is 0 Å². The molecule has 1 aliphatic rings. The van der Waals surface area contributed by atoms with E-state index in [9.17, 15) is 9.18 Å². The van der Waals surface area contributed by atoms with Gasteiger partial charge in [0.1, 0.15) is 11.4 Å². The van der Waals surface area contributed by atoms with Crippen LogP contribution in [0.25, 0.3) is 5.65 Å². The highest BCUT2D eigenvalue weighted by molar-refractivity contribution is 6.06. The summed E-state index contributed by atoms with van der Waals surface area (Å²) < 4.78 is 21.5. The lowest BCUT2D eigenvalue weighted by molar-refractivity contribution is 0.102. The number of piperazine rings is 1. The number of fused-ring (bicyclic) bond motifs is 1. The number of nitrogens with zero attached hydrogens (tertiary/aromatic N) is 4. The number of pyridine rings is 2. The molecular formula is C20H23FN6O2. The third-order valence-corrected chi connectivity index (χ3v) is 4.70. The minimum Gasteiger partial charge on any atom is -0.477 e. The van der Waals surface area contributed by atoms with Crippen molar-refractivity contribution in [3.63, 3.8) is 0 Å². The molecule has 1 fully saturated rings. The quantitative estimate of drug-likeness (QED) is 0.686. The molecule has 0 aliphatic carbocycles. The number of carbonyl (C=O) groups is 1. The highest BCUT2D eigenvalue weighted by Crippen LogP contribution is 2.24. The molecule has 1 amide bonds. The molecule has 0 unspecified atom stereocenters. The van der Waals surface area contributed by atoms with Gasteiger partial charge >= 0.3 is 0 Å². The molecule has 0 aromatic carbocycles. The third-order valence-electron chi connectivity index (χ3n) is 4.70. The van der Waals surface area contributed by atoms with Crippen LogP contribution in [-0.4, -0.2) is 53.1 Å². The van der Waals surface area contributed by atoms with Crippen LogP contribution in [0, 0.1) is 12.7 Å². The first kappa shape index (κ1) is 19.1. The van der Waals surface area contributed by atoms with Gasteiger partial charge in [0, 0.05) is 44.6 Å². The molecule has 4 rings (SSSR count). The standard InChI is InChI=1S/C20H23FN6O2/c1-3-29-20-15(4-5-17(25-20)26-8-6-22-7-9-26)19(28)24-14-10-16(21)18-23-13(2)11-27(18)12-14/h4-5,10-12,22H,3,6-9H2,1-2H3,(H,24,28). The van der Waals surface area contributed by atoms with Gasteiger partial charge < -0.3 is 24.7 Å². The smallest absolute Gasteiger partial charge is 0.261 e. The lowest BCUT2D eigenvalue weighted by Gasteiger charge is -2.28. The Balaban J connectivity index is 1.60. The lowest BCUT2D eigenvalue weighted by atomic mass is 10.2. The molecule has 0 spiro atoms. The molecule has 8 nitrogen and oxygen atoms in total. The van der Waals surface area contributed by atoms with Crippen molar-refractivity contribution < 1.29 is 13.9 Å². The number of halogens is 1. The van der Waals surface area contributed by atoms with E-state index in [0.29, 0.717) is 23.6 Å². The topological polar surface area (TPSA) is 83.8 Å². The minimum absolute atomic E-state index is 0.220. The van der Waals surface area contributed by atoms with Gasteiger partial charge in [-0.05, 0) is 26.0 Å². The Morgan fingerprint density at radius 2 is 2.07 bits per heavy atom. The van der Waals surface area contributed by atoms with E-state index in [1.807, 2.05) is 13.0 Å². The monoisotopic (exact) mass is 398 g/mol. The molecule has 2 N–H and O–H groups in total. The van der Waals surface area contributed by atoms with Crippen LogP contribution in [0.2, 0.25) is 0 Å². The summed E-state index contributed by atoms with van der Waals surface area (Å²) in [4.78, 5) is 23.7. The average molecular weight is 398 g/mol. The third kappa shape index (κ3) is 4.00. The SMILES string of the molecule is CCOc1nc(N2CCNCC2)ccc1C(=O)Nc1cc(F)c2nc(C)cn2c1. The summed E-state index contributed by atoms with van der Waals surface area (Å²) in [6.07, 6.45) is 3.32. The molecule has 3 aromatic rings. The van der Waals surface area contributed by atoms with E-state index in [4.69, 9.17) is 4.74 Å². The summed E-state index contributed by atoms with van der Waals surface area (Å²) in [5.74, 6) is 0.116. The van der Waals surface area contributed by atoms with E-state index in [1.54, 1.807) is 29.8 Å². The summed E-state index contributed by atoms with van der Waals surface area (Å²) in [5.41, 5.74) is 1.54. The number of hydrogen-bond acceptors (Lipinski definition) is 6. The van der Waals surface area contributed by atoms with Gasteiger partial charge in [-0.2, -0.15) is 4.98 Å². The highest BCUT2D eigenvalue weighted by Gasteiger charge is 2.19. The van der Waals surface area contributed by atoms with Crippen molar-refractivity contribution in [1.29, 1.82) is 0 Å². The molecule has 152 valence electrons. The van der Waals surface area contributed by atoms with Crippen LogP contribution >= 0.6 is 0 Å². The van der Waals surface area contributed by atoms with Crippen molar-refractivity contribution in [2.75, 3.05) is 43.0 Å². The zero-order valence-electron chi connectivity index (χ0n) is 16.4. The van der Waals surface area contributed by atoms with Gasteiger partial charge in [-0.3, -0.25) is 4.79 Å². The second kappa shape index (κ2) is 8.04. The fraction of sp³-hybridized carbons (Fsp3) is 0.350. The number of amides is 1. The molecule has 0 radical (unpaired) electrons. The van der Waals surface area contributed by atoms with Crippen molar-refractivity contribution in [2.45, 2.75) is 13.8 Å². The van der Waals surface area contributed by atoms with Gasteiger partial charge in [-0.1, -0.05) is 0 Å². The molecule has 0 saturated carbocycles. The Bertz CT molecular complexity index is 1040. The maximum absolute atomic E-state index is 14.3. The zero-order valence-corrected chi connectivity index (χ0v) is 16.4. The van der Waals surface area contributed by atoms with Crippen LogP contribution in [0.1, 0.15) is 23.0 Å². The number of aryl methyl sites for hydroxylation is 1. The molecule has 29 heavy (non-hydrogen) atoms. The van der Waals surface area contributed by atoms with Crippen molar-refractivity contribution in [3.05, 3.63) is 47.7 Å². The maximum atomic E-state index is 14.3. The summed E-state index contributed by atoms with van der Waals surface area (Å²) in [6, 6.07) is 4.76. The van der Waals surface area contributed by atoms with Gasteiger partial charge in [-0.25, -0.2) is 9.37 Å². The Kier molecular flexibility index (Phi) is 5.30. The molecule has 4 heterocycles. The summed E-state index contributed by atoms with van der Waals surface area (Å²) in [7, 11) is 0. The van der Waals surface area contributed by atoms with Crippen LogP contribution in [0.4, 0.5) is 15.9 Å². The molecule has 3 aromatic heterocycles. The molecule has 1 saturated heterocycles. The normalized spacial score (nSPS) is 14.2. The van der Waals surface area contributed by atoms with Crippen molar-refractivity contribution in [1.82, 2.24) is 19.7 Å². The number of hydrogen-bond donors (Lipinski definition) is 2. The second-order valence-electron chi connectivity index (χ2n) is 6.84. The van der Waals surface area contributed by atoms with Gasteiger partial charge in [0.05, 0.1) is 18.0 Å². The summed E-state index contributed by atoms with van der Waals surface area (Å²) in [5, 5.41) is 6.03. The van der Waals surface area contributed by atoms with Crippen LogP contribution in [-0.2, 0) is 0 Å². The van der Waals surface area contributed by atoms with Gasteiger partial charge in [-0.15, -0.1) is 0 Å². The van der Waals surface area contributed by atoms with Crippen molar-refractivity contribution >= 4 is 23.1 Å². The predicted octanol–water partition coefficient (Wildman–Crippen LogP) is 2.24. The number of rotatable bonds is 5. The van der Waals surface area contributed by atoms with E-state index < -0.39 is 11.7 Å². The number of ether oxygens (including phenoxy) is 1. The summed E-state index contributed by atoms with van der Waals surface area (Å²) >= 11 is 0. The number of anilines is 2. The number of carbonyl (C=O) groups excluding carboxylic acids is 1. The van der Waals surface area contributed by atoms with Crippen molar-refractivity contribution in [3.8, 4) is 5.88 Å². The predicted molar refractivity (Wildman–Crippen MR) is 108 cm³/mol. The van der Waals surface area contributed by atoms with Crippen molar-refractivity contribution in [2.24, 2.45) is 0 Å². The Morgan fingerprint density at radius 1 is 1.28 bits per heavy atom. The molecular weight excluding hydrogens is 375 g/mol. The first-order valence-electron chi connectivity index (χ1n) is 9.61.